The Bertz CT molecular complexity index is 334. The largest absolute Gasteiger partial charge is 0.399 e. The summed E-state index contributed by atoms with van der Waals surface area (Å²) < 4.78 is 10.9. The topological polar surface area (TPSA) is 64.7 Å². The standard InChI is InChI=1S/C11H17NO3P/c12-11-5-3-10(4-6-11)9-16(13)14-7-1-2-8-15-16/h3-6,13H,1-2,7-9,12H2. The molecule has 2 rings (SSSR count). The van der Waals surface area contributed by atoms with Crippen LogP contribution in [-0.2, 0) is 15.2 Å². The average molecular weight is 242 g/mol. The molecule has 5 heteroatoms. The zero-order valence-corrected chi connectivity index (χ0v) is 10.0. The van der Waals surface area contributed by atoms with Gasteiger partial charge in [-0.1, -0.05) is 12.1 Å². The first-order valence-electron chi connectivity index (χ1n) is 5.42. The van der Waals surface area contributed by atoms with E-state index in [1.54, 1.807) is 0 Å². The van der Waals surface area contributed by atoms with Crippen LogP contribution in [0.4, 0.5) is 5.69 Å². The Labute approximate surface area is 96.0 Å². The molecule has 1 aliphatic heterocycles. The van der Waals surface area contributed by atoms with Crippen LogP contribution in [0.2, 0.25) is 0 Å². The molecule has 89 valence electrons. The Kier molecular flexibility index (Phi) is 3.77. The van der Waals surface area contributed by atoms with E-state index >= 15 is 0 Å². The number of nitrogens with two attached hydrogens (primary N) is 1. The summed E-state index contributed by atoms with van der Waals surface area (Å²) in [6.07, 6.45) is 2.33. The third kappa shape index (κ3) is 3.16. The summed E-state index contributed by atoms with van der Waals surface area (Å²) in [6, 6.07) is 7.43. The number of hydrogen-bond donors (Lipinski definition) is 2. The van der Waals surface area contributed by atoms with Gasteiger partial charge in [0.2, 0.25) is 7.94 Å². The van der Waals surface area contributed by atoms with E-state index in [1.165, 1.54) is 0 Å². The number of hydrogen-bond acceptors (Lipinski definition) is 4. The zero-order valence-electron chi connectivity index (χ0n) is 9.13. The van der Waals surface area contributed by atoms with Crippen LogP contribution in [0.15, 0.2) is 24.3 Å². The van der Waals surface area contributed by atoms with Gasteiger partial charge in [-0.3, -0.25) is 0 Å². The SMILES string of the molecule is Nc1ccc(C[P]2(O)OCCCCO2)cc1. The second-order valence-electron chi connectivity index (χ2n) is 3.91. The van der Waals surface area contributed by atoms with Gasteiger partial charge in [0, 0.05) is 5.69 Å². The van der Waals surface area contributed by atoms with E-state index in [4.69, 9.17) is 14.8 Å². The summed E-state index contributed by atoms with van der Waals surface area (Å²) in [7, 11) is -2.68. The Morgan fingerprint density at radius 3 is 2.25 bits per heavy atom. The summed E-state index contributed by atoms with van der Waals surface area (Å²) in [4.78, 5) is 10.2. The van der Waals surface area contributed by atoms with E-state index in [9.17, 15) is 4.89 Å². The average Bonchev–Trinajstić information content (AvgIpc) is 2.47. The van der Waals surface area contributed by atoms with Crippen LogP contribution >= 0.6 is 7.94 Å². The molecule has 0 spiro atoms. The van der Waals surface area contributed by atoms with Crippen molar-refractivity contribution in [2.75, 3.05) is 18.9 Å². The van der Waals surface area contributed by atoms with Crippen molar-refractivity contribution in [3.8, 4) is 0 Å². The van der Waals surface area contributed by atoms with Gasteiger partial charge in [0.15, 0.2) is 0 Å². The maximum absolute atomic E-state index is 10.2. The Morgan fingerprint density at radius 1 is 1.12 bits per heavy atom. The molecule has 1 radical (unpaired) electrons. The fourth-order valence-corrected chi connectivity index (χ4v) is 3.36. The first kappa shape index (κ1) is 11.8. The molecule has 1 heterocycles. The second-order valence-corrected chi connectivity index (χ2v) is 6.02. The maximum Gasteiger partial charge on any atom is 0.235 e. The normalized spacial score (nSPS) is 20.3. The predicted molar refractivity (Wildman–Crippen MR) is 64.8 cm³/mol. The predicted octanol–water partition coefficient (Wildman–Crippen LogP) is 2.35. The summed E-state index contributed by atoms with van der Waals surface area (Å²) in [5.74, 6) is 0. The van der Waals surface area contributed by atoms with Crippen molar-refractivity contribution in [3.05, 3.63) is 29.8 Å². The lowest BCUT2D eigenvalue weighted by Crippen LogP contribution is -2.03. The van der Waals surface area contributed by atoms with Gasteiger partial charge in [-0.2, -0.15) is 0 Å². The molecule has 0 aromatic heterocycles. The van der Waals surface area contributed by atoms with Gasteiger partial charge in [-0.25, -0.2) is 0 Å². The minimum absolute atomic E-state index is 0.438. The van der Waals surface area contributed by atoms with E-state index in [1.807, 2.05) is 24.3 Å². The van der Waals surface area contributed by atoms with Crippen LogP contribution < -0.4 is 5.73 Å². The molecule has 16 heavy (non-hydrogen) atoms. The van der Waals surface area contributed by atoms with Gasteiger partial charge in [0.25, 0.3) is 0 Å². The molecule has 1 aromatic carbocycles. The maximum atomic E-state index is 10.2. The van der Waals surface area contributed by atoms with E-state index in [0.717, 1.165) is 24.1 Å². The quantitative estimate of drug-likeness (QED) is 0.617. The lowest BCUT2D eigenvalue weighted by molar-refractivity contribution is 0.205. The van der Waals surface area contributed by atoms with Crippen molar-refractivity contribution in [1.29, 1.82) is 0 Å². The molecule has 1 aromatic rings. The Balaban J connectivity index is 2.04. The highest BCUT2D eigenvalue weighted by Crippen LogP contribution is 2.60. The molecule has 1 aliphatic rings. The molecule has 3 N–H and O–H groups in total. The van der Waals surface area contributed by atoms with Crippen LogP contribution in [0.25, 0.3) is 0 Å². The van der Waals surface area contributed by atoms with Gasteiger partial charge < -0.3 is 19.7 Å². The van der Waals surface area contributed by atoms with Crippen molar-refractivity contribution in [1.82, 2.24) is 0 Å². The number of anilines is 1. The van der Waals surface area contributed by atoms with Crippen LogP contribution in [0.1, 0.15) is 18.4 Å². The van der Waals surface area contributed by atoms with E-state index < -0.39 is 7.94 Å². The van der Waals surface area contributed by atoms with E-state index in [-0.39, 0.29) is 0 Å². The van der Waals surface area contributed by atoms with Gasteiger partial charge >= 0.3 is 0 Å². The first-order valence-corrected chi connectivity index (χ1v) is 7.19. The highest BCUT2D eigenvalue weighted by atomic mass is 31.2. The van der Waals surface area contributed by atoms with Crippen molar-refractivity contribution < 1.29 is 13.9 Å². The fraction of sp³-hybridized carbons (Fsp3) is 0.455. The van der Waals surface area contributed by atoms with Gasteiger partial charge in [-0.15, -0.1) is 0 Å². The molecule has 0 atom stereocenters. The summed E-state index contributed by atoms with van der Waals surface area (Å²) >= 11 is 0. The molecule has 0 aliphatic carbocycles. The molecular weight excluding hydrogens is 225 g/mol. The third-order valence-electron chi connectivity index (χ3n) is 2.49. The van der Waals surface area contributed by atoms with Crippen molar-refractivity contribution in [2.45, 2.75) is 19.0 Å². The lowest BCUT2D eigenvalue weighted by atomic mass is 10.2. The van der Waals surface area contributed by atoms with Crippen molar-refractivity contribution in [3.63, 3.8) is 0 Å². The summed E-state index contributed by atoms with van der Waals surface area (Å²) in [5, 5.41) is 0. The van der Waals surface area contributed by atoms with Gasteiger partial charge in [-0.05, 0) is 30.5 Å². The Hall–Kier alpha value is -0.670. The molecule has 0 unspecified atom stereocenters. The van der Waals surface area contributed by atoms with Crippen LogP contribution in [0.5, 0.6) is 0 Å². The molecule has 4 nitrogen and oxygen atoms in total. The van der Waals surface area contributed by atoms with Crippen LogP contribution in [-0.4, -0.2) is 18.1 Å². The molecule has 0 saturated carbocycles. The third-order valence-corrected chi connectivity index (χ3v) is 4.42. The van der Waals surface area contributed by atoms with Crippen molar-refractivity contribution >= 4 is 13.6 Å². The lowest BCUT2D eigenvalue weighted by Gasteiger charge is -2.27. The Morgan fingerprint density at radius 2 is 1.69 bits per heavy atom. The molecule has 1 fully saturated rings. The van der Waals surface area contributed by atoms with Gasteiger partial charge in [0.05, 0.1) is 19.4 Å². The molecule has 0 amide bonds. The highest BCUT2D eigenvalue weighted by Gasteiger charge is 2.29. The number of benzene rings is 1. The summed E-state index contributed by atoms with van der Waals surface area (Å²) in [5.41, 5.74) is 7.31. The van der Waals surface area contributed by atoms with Crippen LogP contribution in [0.3, 0.4) is 0 Å². The second kappa shape index (κ2) is 5.11. The van der Waals surface area contributed by atoms with Crippen LogP contribution in [0, 0.1) is 0 Å². The highest BCUT2D eigenvalue weighted by molar-refractivity contribution is 7.59. The summed E-state index contributed by atoms with van der Waals surface area (Å²) in [6.45, 7) is 1.17. The smallest absolute Gasteiger partial charge is 0.235 e. The van der Waals surface area contributed by atoms with Gasteiger partial charge in [0.1, 0.15) is 0 Å². The molecular formula is C11H17NO3P. The zero-order chi connectivity index (χ0) is 11.4. The monoisotopic (exact) mass is 242 g/mol. The number of rotatable bonds is 2. The molecule has 1 saturated heterocycles. The molecule has 0 bridgehead atoms. The van der Waals surface area contributed by atoms with Crippen molar-refractivity contribution in [2.24, 2.45) is 0 Å². The minimum atomic E-state index is -2.68. The number of nitrogen functional groups attached to an aromatic ring is 1. The van der Waals surface area contributed by atoms with E-state index in [0.29, 0.717) is 19.4 Å². The fourth-order valence-electron chi connectivity index (χ4n) is 1.60. The first-order chi connectivity index (χ1) is 7.68. The minimum Gasteiger partial charge on any atom is -0.399 e. The van der Waals surface area contributed by atoms with E-state index in [2.05, 4.69) is 0 Å².